The lowest BCUT2D eigenvalue weighted by atomic mass is 9.98. The maximum atomic E-state index is 12.4. The summed E-state index contributed by atoms with van der Waals surface area (Å²) in [5.74, 6) is -0.248. The van der Waals surface area contributed by atoms with E-state index < -0.39 is 0 Å². The zero-order valence-electron chi connectivity index (χ0n) is 14.4. The second-order valence-corrected chi connectivity index (χ2v) is 6.14. The summed E-state index contributed by atoms with van der Waals surface area (Å²) in [6.07, 6.45) is 3.38. The standard InChI is InChI=1S/C20H26N2O2/c1-3-16-7-9-18(10-8-16)15(2)20(24)22-13-17(14-23)12-19-6-4-5-11-21-19/h4-11,15,17,23H,3,12-14H2,1-2H3,(H,22,24). The van der Waals surface area contributed by atoms with Gasteiger partial charge in [0.15, 0.2) is 0 Å². The Morgan fingerprint density at radius 3 is 2.54 bits per heavy atom. The van der Waals surface area contributed by atoms with Gasteiger partial charge in [-0.1, -0.05) is 37.3 Å². The zero-order chi connectivity index (χ0) is 17.4. The van der Waals surface area contributed by atoms with Crippen LogP contribution in [-0.2, 0) is 17.6 Å². The number of carbonyl (C=O) groups is 1. The molecule has 0 aliphatic carbocycles. The number of aliphatic hydroxyl groups is 1. The van der Waals surface area contributed by atoms with E-state index in [2.05, 4.69) is 29.4 Å². The number of hydrogen-bond acceptors (Lipinski definition) is 3. The van der Waals surface area contributed by atoms with Crippen molar-refractivity contribution in [1.29, 1.82) is 0 Å². The fraction of sp³-hybridized carbons (Fsp3) is 0.400. The molecule has 2 aromatic rings. The van der Waals surface area contributed by atoms with Crippen molar-refractivity contribution in [2.24, 2.45) is 5.92 Å². The van der Waals surface area contributed by atoms with Gasteiger partial charge in [0.1, 0.15) is 0 Å². The van der Waals surface area contributed by atoms with E-state index in [9.17, 15) is 9.90 Å². The van der Waals surface area contributed by atoms with E-state index in [0.29, 0.717) is 13.0 Å². The molecule has 0 aliphatic rings. The van der Waals surface area contributed by atoms with Gasteiger partial charge in [-0.2, -0.15) is 0 Å². The number of nitrogens with one attached hydrogen (secondary N) is 1. The number of aryl methyl sites for hydroxylation is 1. The topological polar surface area (TPSA) is 62.2 Å². The van der Waals surface area contributed by atoms with Gasteiger partial charge in [0.2, 0.25) is 5.91 Å². The monoisotopic (exact) mass is 326 g/mol. The number of pyridine rings is 1. The van der Waals surface area contributed by atoms with Gasteiger partial charge in [-0.05, 0) is 43.0 Å². The first-order chi connectivity index (χ1) is 11.6. The maximum Gasteiger partial charge on any atom is 0.227 e. The third-order valence-corrected chi connectivity index (χ3v) is 4.33. The van der Waals surface area contributed by atoms with E-state index in [1.165, 1.54) is 5.56 Å². The molecule has 24 heavy (non-hydrogen) atoms. The average molecular weight is 326 g/mol. The van der Waals surface area contributed by atoms with Gasteiger partial charge in [-0.15, -0.1) is 0 Å². The van der Waals surface area contributed by atoms with E-state index in [1.54, 1.807) is 6.20 Å². The van der Waals surface area contributed by atoms with Gasteiger partial charge in [0.25, 0.3) is 0 Å². The Morgan fingerprint density at radius 1 is 1.21 bits per heavy atom. The molecule has 0 spiro atoms. The molecule has 128 valence electrons. The summed E-state index contributed by atoms with van der Waals surface area (Å²) in [7, 11) is 0. The van der Waals surface area contributed by atoms with Crippen molar-refractivity contribution in [2.75, 3.05) is 13.2 Å². The van der Waals surface area contributed by atoms with Gasteiger partial charge in [-0.3, -0.25) is 9.78 Å². The van der Waals surface area contributed by atoms with Crippen molar-refractivity contribution in [3.05, 3.63) is 65.5 Å². The highest BCUT2D eigenvalue weighted by Crippen LogP contribution is 2.16. The highest BCUT2D eigenvalue weighted by Gasteiger charge is 2.17. The highest BCUT2D eigenvalue weighted by atomic mass is 16.3. The smallest absolute Gasteiger partial charge is 0.227 e. The summed E-state index contributed by atoms with van der Waals surface area (Å²) in [6.45, 7) is 4.49. The molecule has 1 heterocycles. The molecule has 2 atom stereocenters. The summed E-state index contributed by atoms with van der Waals surface area (Å²) >= 11 is 0. The van der Waals surface area contributed by atoms with Gasteiger partial charge in [0, 0.05) is 31.0 Å². The van der Waals surface area contributed by atoms with Crippen LogP contribution in [0.4, 0.5) is 0 Å². The number of nitrogens with zero attached hydrogens (tertiary/aromatic N) is 1. The molecule has 0 aliphatic heterocycles. The maximum absolute atomic E-state index is 12.4. The van der Waals surface area contributed by atoms with Gasteiger partial charge < -0.3 is 10.4 Å². The normalized spacial score (nSPS) is 13.3. The number of hydrogen-bond donors (Lipinski definition) is 2. The molecule has 2 unspecified atom stereocenters. The van der Waals surface area contributed by atoms with Crippen molar-refractivity contribution in [2.45, 2.75) is 32.6 Å². The highest BCUT2D eigenvalue weighted by molar-refractivity contribution is 5.83. The van der Waals surface area contributed by atoms with Crippen LogP contribution >= 0.6 is 0 Å². The molecular weight excluding hydrogens is 300 g/mol. The fourth-order valence-electron chi connectivity index (χ4n) is 2.61. The van der Waals surface area contributed by atoms with Crippen molar-refractivity contribution in [3.63, 3.8) is 0 Å². The predicted molar refractivity (Wildman–Crippen MR) is 95.8 cm³/mol. The number of aliphatic hydroxyl groups excluding tert-OH is 1. The molecular formula is C20H26N2O2. The van der Waals surface area contributed by atoms with Crippen LogP contribution in [-0.4, -0.2) is 29.1 Å². The van der Waals surface area contributed by atoms with E-state index in [0.717, 1.165) is 17.7 Å². The molecule has 0 saturated carbocycles. The first-order valence-electron chi connectivity index (χ1n) is 8.51. The van der Waals surface area contributed by atoms with E-state index in [-0.39, 0.29) is 24.3 Å². The average Bonchev–Trinajstić information content (AvgIpc) is 2.65. The van der Waals surface area contributed by atoms with Crippen LogP contribution in [0.5, 0.6) is 0 Å². The van der Waals surface area contributed by atoms with Crippen molar-refractivity contribution >= 4 is 5.91 Å². The van der Waals surface area contributed by atoms with E-state index >= 15 is 0 Å². The van der Waals surface area contributed by atoms with Crippen LogP contribution in [0, 0.1) is 5.92 Å². The fourth-order valence-corrected chi connectivity index (χ4v) is 2.61. The SMILES string of the molecule is CCc1ccc(C(C)C(=O)NCC(CO)Cc2ccccn2)cc1. The Balaban J connectivity index is 1.87. The lowest BCUT2D eigenvalue weighted by Crippen LogP contribution is -2.34. The molecule has 0 saturated heterocycles. The summed E-state index contributed by atoms with van der Waals surface area (Å²) in [6, 6.07) is 13.9. The first-order valence-corrected chi connectivity index (χ1v) is 8.51. The van der Waals surface area contributed by atoms with Crippen LogP contribution in [0.1, 0.15) is 36.6 Å². The number of rotatable bonds is 8. The Hall–Kier alpha value is -2.20. The second-order valence-electron chi connectivity index (χ2n) is 6.14. The third-order valence-electron chi connectivity index (χ3n) is 4.33. The number of benzene rings is 1. The molecule has 4 nitrogen and oxygen atoms in total. The van der Waals surface area contributed by atoms with Crippen molar-refractivity contribution in [3.8, 4) is 0 Å². The summed E-state index contributed by atoms with van der Waals surface area (Å²) in [5.41, 5.74) is 3.20. The molecule has 4 heteroatoms. The van der Waals surface area contributed by atoms with Crippen molar-refractivity contribution in [1.82, 2.24) is 10.3 Å². The Labute approximate surface area is 143 Å². The number of aromatic nitrogens is 1. The Bertz CT molecular complexity index is 626. The molecule has 1 aromatic carbocycles. The lowest BCUT2D eigenvalue weighted by Gasteiger charge is -2.17. The van der Waals surface area contributed by atoms with Crippen LogP contribution in [0.2, 0.25) is 0 Å². The van der Waals surface area contributed by atoms with E-state index in [1.807, 2.05) is 37.3 Å². The quantitative estimate of drug-likeness (QED) is 0.784. The third kappa shape index (κ3) is 5.17. The van der Waals surface area contributed by atoms with Crippen molar-refractivity contribution < 1.29 is 9.90 Å². The van der Waals surface area contributed by atoms with Gasteiger partial charge in [0.05, 0.1) is 5.92 Å². The van der Waals surface area contributed by atoms with E-state index in [4.69, 9.17) is 0 Å². The molecule has 2 N–H and O–H groups in total. The largest absolute Gasteiger partial charge is 0.396 e. The second kappa shape index (κ2) is 9.18. The first kappa shape index (κ1) is 18.1. The summed E-state index contributed by atoms with van der Waals surface area (Å²) in [4.78, 5) is 16.6. The van der Waals surface area contributed by atoms with Gasteiger partial charge >= 0.3 is 0 Å². The minimum atomic E-state index is -0.204. The molecule has 1 amide bonds. The van der Waals surface area contributed by atoms with Crippen LogP contribution in [0.15, 0.2) is 48.7 Å². The molecule has 1 aromatic heterocycles. The minimum Gasteiger partial charge on any atom is -0.396 e. The zero-order valence-corrected chi connectivity index (χ0v) is 14.4. The minimum absolute atomic E-state index is 0.0151. The Morgan fingerprint density at radius 2 is 1.96 bits per heavy atom. The predicted octanol–water partition coefficient (Wildman–Crippen LogP) is 2.71. The summed E-state index contributed by atoms with van der Waals surface area (Å²) in [5, 5.41) is 12.5. The number of amides is 1. The Kier molecular flexibility index (Phi) is 6.94. The van der Waals surface area contributed by atoms with Crippen LogP contribution < -0.4 is 5.32 Å². The molecule has 2 rings (SSSR count). The molecule has 0 fully saturated rings. The number of carbonyl (C=O) groups excluding carboxylic acids is 1. The lowest BCUT2D eigenvalue weighted by molar-refractivity contribution is -0.122. The molecule has 0 bridgehead atoms. The van der Waals surface area contributed by atoms with Crippen LogP contribution in [0.25, 0.3) is 0 Å². The van der Waals surface area contributed by atoms with Gasteiger partial charge in [-0.25, -0.2) is 0 Å². The molecule has 0 radical (unpaired) electrons. The van der Waals surface area contributed by atoms with Crippen LogP contribution in [0.3, 0.4) is 0 Å². The summed E-state index contributed by atoms with van der Waals surface area (Å²) < 4.78 is 0.